The highest BCUT2D eigenvalue weighted by Crippen LogP contribution is 1.38. The number of nitrogens with one attached hydrogen (secondary N) is 1. The molecule has 0 aliphatic rings. The summed E-state index contributed by atoms with van der Waals surface area (Å²) in [6, 6.07) is 0. The van der Waals surface area contributed by atoms with Crippen LogP contribution in [0.15, 0.2) is 0 Å². The van der Waals surface area contributed by atoms with E-state index in [-0.39, 0.29) is 6.61 Å². The molecule has 0 aliphatic carbocycles. The van der Waals surface area contributed by atoms with E-state index in [2.05, 4.69) is 0 Å². The Hall–Kier alpha value is -0.160. The number of aliphatic hydroxyl groups excluding tert-OH is 1. The second-order valence-electron chi connectivity index (χ2n) is 2.07. The highest BCUT2D eigenvalue weighted by atomic mass is 16.5. The number of hydrogen-bond acceptors (Lipinski definition) is 2. The second-order valence-corrected chi connectivity index (χ2v) is 2.07. The zero-order valence-corrected chi connectivity index (χ0v) is 5.80. The molecular formula is C5H16N2O2+2. The van der Waals surface area contributed by atoms with Gasteiger partial charge in [0.05, 0.1) is 20.2 Å². The normalized spacial score (nSPS) is 13.7. The Morgan fingerprint density at radius 2 is 2.11 bits per heavy atom. The van der Waals surface area contributed by atoms with Crippen molar-refractivity contribution in [3.63, 3.8) is 0 Å². The topological polar surface area (TPSA) is 61.5 Å². The number of quaternary nitrogens is 2. The first-order chi connectivity index (χ1) is 4.27. The highest BCUT2D eigenvalue weighted by molar-refractivity contribution is 4.16. The largest absolute Gasteiger partial charge is 0.391 e. The molecule has 0 aromatic rings. The molecule has 0 aliphatic heterocycles. The van der Waals surface area contributed by atoms with E-state index in [1.807, 2.05) is 5.32 Å². The molecule has 56 valence electrons. The van der Waals surface area contributed by atoms with Crippen LogP contribution in [0.3, 0.4) is 0 Å². The minimum absolute atomic E-state index is 0.213. The first-order valence-electron chi connectivity index (χ1n) is 3.21. The van der Waals surface area contributed by atoms with Crippen LogP contribution in [-0.4, -0.2) is 43.6 Å². The highest BCUT2D eigenvalue weighted by Gasteiger charge is 1.95. The van der Waals surface area contributed by atoms with Crippen LogP contribution < -0.4 is 10.4 Å². The maximum absolute atomic E-state index is 8.69. The first kappa shape index (κ1) is 8.84. The van der Waals surface area contributed by atoms with Gasteiger partial charge in [-0.25, -0.2) is 5.21 Å². The van der Waals surface area contributed by atoms with Crippen LogP contribution in [-0.2, 0) is 0 Å². The standard InChI is InChI=1S/C5H14N2O2/c1-7(9)4-2-6-3-5-8/h6,8-9H,2-5H2,1H3/p+2. The summed E-state index contributed by atoms with van der Waals surface area (Å²) >= 11 is 0. The third kappa shape index (κ3) is 7.84. The van der Waals surface area contributed by atoms with Crippen molar-refractivity contribution in [3.05, 3.63) is 0 Å². The molecule has 0 bridgehead atoms. The van der Waals surface area contributed by atoms with E-state index in [0.717, 1.165) is 19.6 Å². The molecule has 0 saturated heterocycles. The zero-order valence-electron chi connectivity index (χ0n) is 5.80. The molecule has 0 fully saturated rings. The third-order valence-electron chi connectivity index (χ3n) is 1.04. The Balaban J connectivity index is 2.75. The molecule has 0 rings (SSSR count). The summed E-state index contributed by atoms with van der Waals surface area (Å²) in [5.74, 6) is 0. The molecule has 4 nitrogen and oxygen atoms in total. The molecule has 0 saturated carbocycles. The van der Waals surface area contributed by atoms with Gasteiger partial charge in [-0.15, -0.1) is 0 Å². The van der Waals surface area contributed by atoms with Crippen molar-refractivity contribution in [2.75, 3.05) is 33.3 Å². The van der Waals surface area contributed by atoms with Gasteiger partial charge in [0, 0.05) is 0 Å². The van der Waals surface area contributed by atoms with Crippen LogP contribution in [0.5, 0.6) is 0 Å². The SMILES string of the molecule is C[NH+](O)CC[NH2+]CCO. The van der Waals surface area contributed by atoms with Gasteiger partial charge >= 0.3 is 0 Å². The zero-order chi connectivity index (χ0) is 7.11. The van der Waals surface area contributed by atoms with Crippen molar-refractivity contribution < 1.29 is 20.7 Å². The average Bonchev–Trinajstić information content (AvgIpc) is 1.80. The molecular weight excluding hydrogens is 120 g/mol. The number of aliphatic hydroxyl groups is 1. The fourth-order valence-electron chi connectivity index (χ4n) is 0.547. The number of rotatable bonds is 5. The van der Waals surface area contributed by atoms with Crippen LogP contribution in [0.1, 0.15) is 0 Å². The Labute approximate surface area is 55.1 Å². The molecule has 4 heteroatoms. The Morgan fingerprint density at radius 1 is 1.44 bits per heavy atom. The molecule has 1 atom stereocenters. The van der Waals surface area contributed by atoms with Gasteiger partial charge in [-0.2, -0.15) is 5.06 Å². The van der Waals surface area contributed by atoms with Crippen molar-refractivity contribution in [2.45, 2.75) is 0 Å². The van der Waals surface area contributed by atoms with Gasteiger partial charge in [-0.3, -0.25) is 0 Å². The van der Waals surface area contributed by atoms with Crippen molar-refractivity contribution in [1.82, 2.24) is 0 Å². The van der Waals surface area contributed by atoms with Gasteiger partial charge in [0.25, 0.3) is 0 Å². The fourth-order valence-corrected chi connectivity index (χ4v) is 0.547. The van der Waals surface area contributed by atoms with Gasteiger partial charge in [-0.1, -0.05) is 0 Å². The summed E-state index contributed by atoms with van der Waals surface area (Å²) in [5.41, 5.74) is 0. The molecule has 0 spiro atoms. The van der Waals surface area contributed by atoms with Gasteiger partial charge in [0.1, 0.15) is 6.54 Å². The first-order valence-corrected chi connectivity index (χ1v) is 3.21. The van der Waals surface area contributed by atoms with E-state index < -0.39 is 0 Å². The fraction of sp³-hybridized carbons (Fsp3) is 1.00. The molecule has 0 radical (unpaired) electrons. The van der Waals surface area contributed by atoms with Crippen LogP contribution in [0.25, 0.3) is 0 Å². The molecule has 1 unspecified atom stereocenters. The predicted octanol–water partition coefficient (Wildman–Crippen LogP) is -3.55. The lowest BCUT2D eigenvalue weighted by molar-refractivity contribution is -1.08. The molecule has 5 N–H and O–H groups in total. The summed E-state index contributed by atoms with van der Waals surface area (Å²) in [6.07, 6.45) is 0. The molecule has 9 heavy (non-hydrogen) atoms. The smallest absolute Gasteiger partial charge is 0.156 e. The van der Waals surface area contributed by atoms with E-state index >= 15 is 0 Å². The van der Waals surface area contributed by atoms with Crippen molar-refractivity contribution in [1.29, 1.82) is 0 Å². The number of hydrogen-bond donors (Lipinski definition) is 4. The quantitative estimate of drug-likeness (QED) is 0.233. The second kappa shape index (κ2) is 5.97. The maximum atomic E-state index is 8.69. The van der Waals surface area contributed by atoms with Gasteiger partial charge in [-0.05, 0) is 0 Å². The number of likely N-dealkylation sites (N-methyl/N-ethyl adjacent to an activating group) is 1. The number of hydroxylamine groups is 2. The van der Waals surface area contributed by atoms with Crippen LogP contribution in [0, 0.1) is 0 Å². The summed E-state index contributed by atoms with van der Waals surface area (Å²) in [6.45, 7) is 2.53. The number of nitrogens with two attached hydrogens (primary N) is 1. The summed E-state index contributed by atoms with van der Waals surface area (Å²) < 4.78 is 0. The van der Waals surface area contributed by atoms with Gasteiger partial charge < -0.3 is 10.4 Å². The molecule has 0 amide bonds. The van der Waals surface area contributed by atoms with E-state index in [1.165, 1.54) is 0 Å². The van der Waals surface area contributed by atoms with E-state index in [9.17, 15) is 0 Å². The maximum Gasteiger partial charge on any atom is 0.156 e. The summed E-state index contributed by atoms with van der Waals surface area (Å²) in [4.78, 5) is 0. The Kier molecular flexibility index (Phi) is 5.86. The van der Waals surface area contributed by atoms with Gasteiger partial charge in [0.2, 0.25) is 0 Å². The van der Waals surface area contributed by atoms with Crippen molar-refractivity contribution >= 4 is 0 Å². The van der Waals surface area contributed by atoms with Gasteiger partial charge in [0.15, 0.2) is 6.54 Å². The lowest BCUT2D eigenvalue weighted by Gasteiger charge is -2.01. The van der Waals surface area contributed by atoms with Crippen LogP contribution in [0.2, 0.25) is 0 Å². The summed E-state index contributed by atoms with van der Waals surface area (Å²) in [7, 11) is 1.69. The van der Waals surface area contributed by atoms with E-state index in [4.69, 9.17) is 10.3 Å². The lowest BCUT2D eigenvalue weighted by atomic mass is 10.6. The van der Waals surface area contributed by atoms with E-state index in [0.29, 0.717) is 5.06 Å². The predicted molar refractivity (Wildman–Crippen MR) is 32.3 cm³/mol. The lowest BCUT2D eigenvalue weighted by Crippen LogP contribution is -3.10. The van der Waals surface area contributed by atoms with Crippen molar-refractivity contribution in [3.8, 4) is 0 Å². The monoisotopic (exact) mass is 136 g/mol. The minimum atomic E-state index is 0.213. The average molecular weight is 136 g/mol. The Bertz CT molecular complexity index is 58.9. The molecule has 0 aromatic carbocycles. The Morgan fingerprint density at radius 3 is 2.56 bits per heavy atom. The molecule has 0 heterocycles. The van der Waals surface area contributed by atoms with Crippen molar-refractivity contribution in [2.24, 2.45) is 0 Å². The minimum Gasteiger partial charge on any atom is -0.391 e. The molecule has 0 aromatic heterocycles. The summed E-state index contributed by atoms with van der Waals surface area (Å²) in [5, 5.41) is 19.5. The third-order valence-corrected chi connectivity index (χ3v) is 1.04. The van der Waals surface area contributed by atoms with E-state index in [1.54, 1.807) is 7.05 Å². The van der Waals surface area contributed by atoms with Crippen LogP contribution in [0.4, 0.5) is 0 Å². The van der Waals surface area contributed by atoms with Crippen LogP contribution >= 0.6 is 0 Å².